The van der Waals surface area contributed by atoms with E-state index in [2.05, 4.69) is 4.74 Å². The third kappa shape index (κ3) is 1.64. The number of ether oxygens (including phenoxy) is 2. The third-order valence-corrected chi connectivity index (χ3v) is 2.08. The van der Waals surface area contributed by atoms with Crippen LogP contribution >= 0.6 is 0 Å². The highest BCUT2D eigenvalue weighted by Crippen LogP contribution is 2.26. The number of hydrogen-bond donors (Lipinski definition) is 0. The Hall–Kier alpha value is -1.51. The molecule has 1 aromatic carbocycles. The van der Waals surface area contributed by atoms with E-state index in [1.807, 2.05) is 18.2 Å². The highest BCUT2D eigenvalue weighted by Gasteiger charge is 2.11. The van der Waals surface area contributed by atoms with Crippen LogP contribution in [0, 0.1) is 0 Å². The van der Waals surface area contributed by atoms with Gasteiger partial charge in [0, 0.05) is 6.42 Å². The minimum atomic E-state index is 0.320. The molecule has 1 aromatic rings. The molecule has 0 spiro atoms. The van der Waals surface area contributed by atoms with Crippen molar-refractivity contribution < 1.29 is 14.3 Å². The lowest BCUT2D eigenvalue weighted by Crippen LogP contribution is -1.91. The molecule has 0 saturated heterocycles. The molecule has 3 heteroatoms. The molecule has 0 unspecified atom stereocenters. The Morgan fingerprint density at radius 2 is 2.46 bits per heavy atom. The number of rotatable bonds is 3. The quantitative estimate of drug-likeness (QED) is 0.654. The van der Waals surface area contributed by atoms with Crippen LogP contribution in [0.3, 0.4) is 0 Å². The monoisotopic (exact) mass is 178 g/mol. The van der Waals surface area contributed by atoms with Crippen LogP contribution in [-0.4, -0.2) is 13.1 Å². The smallest absolute Gasteiger partial charge is 0.293 e. The summed E-state index contributed by atoms with van der Waals surface area (Å²) in [5.41, 5.74) is 2.20. The molecule has 0 bridgehead atoms. The van der Waals surface area contributed by atoms with E-state index < -0.39 is 0 Å². The number of hydrogen-bond acceptors (Lipinski definition) is 3. The molecule has 0 aliphatic carbocycles. The van der Waals surface area contributed by atoms with Crippen molar-refractivity contribution in [2.24, 2.45) is 0 Å². The van der Waals surface area contributed by atoms with E-state index in [4.69, 9.17) is 4.74 Å². The van der Waals surface area contributed by atoms with Gasteiger partial charge in [-0.25, -0.2) is 0 Å². The highest BCUT2D eigenvalue weighted by molar-refractivity contribution is 5.41. The van der Waals surface area contributed by atoms with Crippen molar-refractivity contribution in [1.82, 2.24) is 0 Å². The predicted molar refractivity (Wildman–Crippen MR) is 46.5 cm³/mol. The van der Waals surface area contributed by atoms with Gasteiger partial charge in [-0.05, 0) is 17.2 Å². The summed E-state index contributed by atoms with van der Waals surface area (Å²) in [5, 5.41) is 0. The van der Waals surface area contributed by atoms with Crippen molar-refractivity contribution in [3.05, 3.63) is 29.3 Å². The van der Waals surface area contributed by atoms with Gasteiger partial charge in [-0.2, -0.15) is 0 Å². The first-order valence-electron chi connectivity index (χ1n) is 4.20. The van der Waals surface area contributed by atoms with E-state index in [0.717, 1.165) is 24.3 Å². The number of fused-ring (bicyclic) bond motifs is 1. The van der Waals surface area contributed by atoms with Gasteiger partial charge in [0.25, 0.3) is 6.47 Å². The molecule has 68 valence electrons. The first-order valence-corrected chi connectivity index (χ1v) is 4.20. The van der Waals surface area contributed by atoms with Gasteiger partial charge in [0.1, 0.15) is 12.4 Å². The second kappa shape index (κ2) is 3.47. The Morgan fingerprint density at radius 3 is 3.31 bits per heavy atom. The third-order valence-electron chi connectivity index (χ3n) is 2.08. The molecule has 0 N–H and O–H groups in total. The molecule has 0 aromatic heterocycles. The molecule has 2 rings (SSSR count). The summed E-state index contributed by atoms with van der Waals surface area (Å²) in [4.78, 5) is 9.96. The zero-order valence-corrected chi connectivity index (χ0v) is 7.16. The van der Waals surface area contributed by atoms with Gasteiger partial charge in [-0.15, -0.1) is 0 Å². The first-order chi connectivity index (χ1) is 6.40. The zero-order chi connectivity index (χ0) is 9.10. The van der Waals surface area contributed by atoms with Gasteiger partial charge in [0.15, 0.2) is 0 Å². The Balaban J connectivity index is 2.16. The maximum absolute atomic E-state index is 9.96. The second-order valence-electron chi connectivity index (χ2n) is 2.95. The summed E-state index contributed by atoms with van der Waals surface area (Å²) in [7, 11) is 0. The van der Waals surface area contributed by atoms with Crippen LogP contribution in [0.15, 0.2) is 18.2 Å². The highest BCUT2D eigenvalue weighted by atomic mass is 16.5. The van der Waals surface area contributed by atoms with Crippen LogP contribution in [0.25, 0.3) is 0 Å². The van der Waals surface area contributed by atoms with Crippen molar-refractivity contribution in [1.29, 1.82) is 0 Å². The lowest BCUT2D eigenvalue weighted by atomic mass is 10.1. The van der Waals surface area contributed by atoms with Crippen molar-refractivity contribution in [3.8, 4) is 5.75 Å². The van der Waals surface area contributed by atoms with Crippen LogP contribution in [-0.2, 0) is 22.6 Å². The van der Waals surface area contributed by atoms with Crippen LogP contribution in [0.2, 0.25) is 0 Å². The number of carbonyl (C=O) groups excluding carboxylic acids is 1. The van der Waals surface area contributed by atoms with E-state index >= 15 is 0 Å². The van der Waals surface area contributed by atoms with E-state index in [1.54, 1.807) is 0 Å². The summed E-state index contributed by atoms with van der Waals surface area (Å²) >= 11 is 0. The van der Waals surface area contributed by atoms with Crippen molar-refractivity contribution in [2.75, 3.05) is 6.61 Å². The average molecular weight is 178 g/mol. The fraction of sp³-hybridized carbons (Fsp3) is 0.300. The van der Waals surface area contributed by atoms with E-state index in [0.29, 0.717) is 13.1 Å². The Kier molecular flexibility index (Phi) is 2.17. The molecule has 1 aliphatic heterocycles. The van der Waals surface area contributed by atoms with Crippen LogP contribution < -0.4 is 4.74 Å². The summed E-state index contributed by atoms with van der Waals surface area (Å²) < 4.78 is 10.0. The van der Waals surface area contributed by atoms with Crippen LogP contribution in [0.1, 0.15) is 11.1 Å². The molecule has 1 aliphatic rings. The molecule has 0 atom stereocenters. The lowest BCUT2D eigenvalue weighted by Gasteiger charge is -2.02. The van der Waals surface area contributed by atoms with Crippen LogP contribution in [0.4, 0.5) is 0 Å². The maximum Gasteiger partial charge on any atom is 0.293 e. The molecule has 0 radical (unpaired) electrons. The standard InChI is InChI=1S/C10H10O3/c11-7-12-6-8-1-2-9-3-4-13-10(9)5-8/h1-2,5,7H,3-4,6H2. The fourth-order valence-electron chi connectivity index (χ4n) is 1.43. The van der Waals surface area contributed by atoms with Gasteiger partial charge >= 0.3 is 0 Å². The van der Waals surface area contributed by atoms with Crippen LogP contribution in [0.5, 0.6) is 5.75 Å². The van der Waals surface area contributed by atoms with E-state index in [-0.39, 0.29) is 0 Å². The largest absolute Gasteiger partial charge is 0.493 e. The minimum Gasteiger partial charge on any atom is -0.493 e. The summed E-state index contributed by atoms with van der Waals surface area (Å²) in [6.07, 6.45) is 0.976. The molecule has 0 fully saturated rings. The number of benzene rings is 1. The van der Waals surface area contributed by atoms with E-state index in [1.165, 1.54) is 5.56 Å². The Bertz CT molecular complexity index is 320. The van der Waals surface area contributed by atoms with Gasteiger partial charge in [-0.3, -0.25) is 4.79 Å². The maximum atomic E-state index is 9.96. The Morgan fingerprint density at radius 1 is 1.54 bits per heavy atom. The van der Waals surface area contributed by atoms with Crippen molar-refractivity contribution in [2.45, 2.75) is 13.0 Å². The Labute approximate surface area is 76.3 Å². The zero-order valence-electron chi connectivity index (χ0n) is 7.16. The van der Waals surface area contributed by atoms with Crippen molar-refractivity contribution >= 4 is 6.47 Å². The lowest BCUT2D eigenvalue weighted by molar-refractivity contribution is -0.129. The number of carbonyl (C=O) groups is 1. The molecule has 0 saturated carbocycles. The predicted octanol–water partition coefficient (Wildman–Crippen LogP) is 1.29. The van der Waals surface area contributed by atoms with E-state index in [9.17, 15) is 4.79 Å². The summed E-state index contributed by atoms with van der Waals surface area (Å²) in [5.74, 6) is 0.923. The second-order valence-corrected chi connectivity index (χ2v) is 2.95. The molecule has 1 heterocycles. The van der Waals surface area contributed by atoms with Gasteiger partial charge < -0.3 is 9.47 Å². The normalized spacial score (nSPS) is 13.2. The molecule has 13 heavy (non-hydrogen) atoms. The van der Waals surface area contributed by atoms with Gasteiger partial charge in [0.2, 0.25) is 0 Å². The molecular formula is C10H10O3. The molecule has 0 amide bonds. The first kappa shape index (κ1) is 8.10. The fourth-order valence-corrected chi connectivity index (χ4v) is 1.43. The topological polar surface area (TPSA) is 35.5 Å². The van der Waals surface area contributed by atoms with Gasteiger partial charge in [0.05, 0.1) is 6.61 Å². The minimum absolute atomic E-state index is 0.320. The molecular weight excluding hydrogens is 168 g/mol. The average Bonchev–Trinajstić information content (AvgIpc) is 2.61. The summed E-state index contributed by atoms with van der Waals surface area (Å²) in [6.45, 7) is 1.53. The summed E-state index contributed by atoms with van der Waals surface area (Å²) in [6, 6.07) is 5.90. The SMILES string of the molecule is O=COCc1ccc2c(c1)OCC2. The van der Waals surface area contributed by atoms with Gasteiger partial charge in [-0.1, -0.05) is 12.1 Å². The van der Waals surface area contributed by atoms with Crippen molar-refractivity contribution in [3.63, 3.8) is 0 Å². The molecule has 3 nitrogen and oxygen atoms in total.